The Labute approximate surface area is 129 Å². The van der Waals surface area contributed by atoms with Crippen LogP contribution in [-0.4, -0.2) is 35.0 Å². The molecule has 4 nitrogen and oxygen atoms in total. The predicted octanol–water partition coefficient (Wildman–Crippen LogP) is 3.05. The van der Waals surface area contributed by atoms with Crippen LogP contribution in [0.4, 0.5) is 0 Å². The van der Waals surface area contributed by atoms with Crippen molar-refractivity contribution in [1.29, 1.82) is 0 Å². The lowest BCUT2D eigenvalue weighted by Crippen LogP contribution is -2.44. The average molecular weight is 319 g/mol. The summed E-state index contributed by atoms with van der Waals surface area (Å²) in [6.45, 7) is 7.35. The minimum atomic E-state index is -0.341. The highest BCUT2D eigenvalue weighted by atomic mass is 35.5. The number of halogens is 2. The van der Waals surface area contributed by atoms with Crippen molar-refractivity contribution < 1.29 is 9.90 Å². The number of hydrogen-bond acceptors (Lipinski definition) is 3. The van der Waals surface area contributed by atoms with Crippen LogP contribution in [0.15, 0.2) is 12.1 Å². The van der Waals surface area contributed by atoms with Gasteiger partial charge in [0.1, 0.15) is 5.75 Å². The van der Waals surface area contributed by atoms with Crippen LogP contribution in [0.5, 0.6) is 5.75 Å². The summed E-state index contributed by atoms with van der Waals surface area (Å²) in [6, 6.07) is 2.77. The molecular formula is C14H20Cl2N2O2. The molecule has 20 heavy (non-hydrogen) atoms. The van der Waals surface area contributed by atoms with Crippen molar-refractivity contribution in [2.75, 3.05) is 13.1 Å². The van der Waals surface area contributed by atoms with Crippen LogP contribution in [0.3, 0.4) is 0 Å². The molecule has 112 valence electrons. The molecule has 1 rings (SSSR count). The molecule has 0 fully saturated rings. The van der Waals surface area contributed by atoms with Crippen LogP contribution in [0.1, 0.15) is 26.3 Å². The van der Waals surface area contributed by atoms with Gasteiger partial charge in [0.15, 0.2) is 0 Å². The van der Waals surface area contributed by atoms with Crippen molar-refractivity contribution in [2.24, 2.45) is 0 Å². The first-order valence-corrected chi connectivity index (χ1v) is 7.35. The maximum absolute atomic E-state index is 12.1. The molecule has 1 atom stereocenters. The van der Waals surface area contributed by atoms with Crippen LogP contribution < -0.4 is 5.32 Å². The second-order valence-corrected chi connectivity index (χ2v) is 5.35. The maximum atomic E-state index is 12.1. The smallest absolute Gasteiger partial charge is 0.239 e. The first-order chi connectivity index (χ1) is 9.40. The van der Waals surface area contributed by atoms with Crippen molar-refractivity contribution in [3.63, 3.8) is 0 Å². The second-order valence-electron chi connectivity index (χ2n) is 4.51. The Morgan fingerprint density at radius 1 is 1.35 bits per heavy atom. The number of likely N-dealkylation sites (N-methyl/N-ethyl adjacent to an activating group) is 1. The quantitative estimate of drug-likeness (QED) is 0.847. The number of amides is 1. The van der Waals surface area contributed by atoms with E-state index in [-0.39, 0.29) is 22.7 Å². The van der Waals surface area contributed by atoms with E-state index in [9.17, 15) is 9.90 Å². The molecule has 0 aliphatic rings. The summed E-state index contributed by atoms with van der Waals surface area (Å²) in [5.74, 6) is 0.0219. The Morgan fingerprint density at radius 3 is 2.50 bits per heavy atom. The van der Waals surface area contributed by atoms with E-state index in [1.54, 1.807) is 17.9 Å². The third kappa shape index (κ3) is 4.27. The molecule has 0 aromatic heterocycles. The molecular weight excluding hydrogens is 299 g/mol. The third-order valence-electron chi connectivity index (χ3n) is 3.15. The van der Waals surface area contributed by atoms with E-state index in [1.807, 2.05) is 13.8 Å². The standard InChI is InChI=1S/C14H20Cl2N2O2/c1-4-18(5-2)14(20)9(3)17-8-10-6-11(15)7-12(16)13(10)19/h6-7,9,17,19H,4-5,8H2,1-3H3. The highest BCUT2D eigenvalue weighted by molar-refractivity contribution is 6.35. The Balaban J connectivity index is 2.70. The number of nitrogens with one attached hydrogen (secondary N) is 1. The van der Waals surface area contributed by atoms with E-state index >= 15 is 0 Å². The molecule has 0 aliphatic heterocycles. The van der Waals surface area contributed by atoms with Crippen LogP contribution >= 0.6 is 23.2 Å². The lowest BCUT2D eigenvalue weighted by molar-refractivity contribution is -0.132. The molecule has 0 radical (unpaired) electrons. The van der Waals surface area contributed by atoms with Crippen LogP contribution in [-0.2, 0) is 11.3 Å². The van der Waals surface area contributed by atoms with Crippen molar-refractivity contribution in [3.8, 4) is 5.75 Å². The highest BCUT2D eigenvalue weighted by Crippen LogP contribution is 2.31. The molecule has 0 bridgehead atoms. The number of phenolic OH excluding ortho intramolecular Hbond substituents is 1. The Kier molecular flexibility index (Phi) is 6.59. The van der Waals surface area contributed by atoms with E-state index in [1.165, 1.54) is 6.07 Å². The minimum absolute atomic E-state index is 0.00828. The molecule has 0 saturated carbocycles. The molecule has 0 spiro atoms. The van der Waals surface area contributed by atoms with Gasteiger partial charge in [-0.1, -0.05) is 23.2 Å². The number of rotatable bonds is 6. The number of carbonyl (C=O) groups excluding carboxylic acids is 1. The molecule has 0 saturated heterocycles. The van der Waals surface area contributed by atoms with Crippen LogP contribution in [0, 0.1) is 0 Å². The molecule has 1 amide bonds. The van der Waals surface area contributed by atoms with Crippen molar-refractivity contribution in [2.45, 2.75) is 33.4 Å². The molecule has 1 unspecified atom stereocenters. The molecule has 1 aromatic rings. The van der Waals surface area contributed by atoms with Gasteiger partial charge in [-0.3, -0.25) is 4.79 Å². The summed E-state index contributed by atoms with van der Waals surface area (Å²) in [4.78, 5) is 13.8. The first kappa shape index (κ1) is 17.1. The number of carbonyl (C=O) groups is 1. The van der Waals surface area contributed by atoms with E-state index in [4.69, 9.17) is 23.2 Å². The van der Waals surface area contributed by atoms with Gasteiger partial charge in [-0.05, 0) is 32.9 Å². The summed E-state index contributed by atoms with van der Waals surface area (Å²) in [6.07, 6.45) is 0. The van der Waals surface area contributed by atoms with Gasteiger partial charge in [0.25, 0.3) is 0 Å². The average Bonchev–Trinajstić information content (AvgIpc) is 2.41. The lowest BCUT2D eigenvalue weighted by Gasteiger charge is -2.23. The zero-order valence-electron chi connectivity index (χ0n) is 11.9. The molecule has 6 heteroatoms. The monoisotopic (exact) mass is 318 g/mol. The van der Waals surface area contributed by atoms with Crippen molar-refractivity contribution in [3.05, 3.63) is 27.7 Å². The topological polar surface area (TPSA) is 52.6 Å². The molecule has 2 N–H and O–H groups in total. The second kappa shape index (κ2) is 7.72. The van der Waals surface area contributed by atoms with Gasteiger partial charge in [-0.15, -0.1) is 0 Å². The van der Waals surface area contributed by atoms with Crippen LogP contribution in [0.25, 0.3) is 0 Å². The SMILES string of the molecule is CCN(CC)C(=O)C(C)NCc1cc(Cl)cc(Cl)c1O. The van der Waals surface area contributed by atoms with Crippen molar-refractivity contribution in [1.82, 2.24) is 10.2 Å². The lowest BCUT2D eigenvalue weighted by atomic mass is 10.2. The Hall–Kier alpha value is -0.970. The van der Waals surface area contributed by atoms with E-state index in [2.05, 4.69) is 5.32 Å². The number of hydrogen-bond donors (Lipinski definition) is 2. The Morgan fingerprint density at radius 2 is 1.95 bits per heavy atom. The fourth-order valence-corrected chi connectivity index (χ4v) is 2.45. The summed E-state index contributed by atoms with van der Waals surface area (Å²) in [5, 5.41) is 13.6. The Bertz CT molecular complexity index is 476. The van der Waals surface area contributed by atoms with Crippen LogP contribution in [0.2, 0.25) is 10.0 Å². The highest BCUT2D eigenvalue weighted by Gasteiger charge is 2.18. The number of nitrogens with zero attached hydrogens (tertiary/aromatic N) is 1. The molecule has 1 aromatic carbocycles. The number of aromatic hydroxyl groups is 1. The zero-order chi connectivity index (χ0) is 15.3. The van der Waals surface area contributed by atoms with Gasteiger partial charge in [0.2, 0.25) is 5.91 Å². The molecule has 0 aliphatic carbocycles. The van der Waals surface area contributed by atoms with E-state index in [0.717, 1.165) is 0 Å². The van der Waals surface area contributed by atoms with Gasteiger partial charge in [-0.2, -0.15) is 0 Å². The maximum Gasteiger partial charge on any atom is 0.239 e. The summed E-state index contributed by atoms with van der Waals surface area (Å²) >= 11 is 11.8. The fraction of sp³-hybridized carbons (Fsp3) is 0.500. The van der Waals surface area contributed by atoms with Gasteiger partial charge < -0.3 is 15.3 Å². The fourth-order valence-electron chi connectivity index (χ4n) is 1.91. The van der Waals surface area contributed by atoms with Gasteiger partial charge in [0.05, 0.1) is 11.1 Å². The third-order valence-corrected chi connectivity index (χ3v) is 3.66. The number of phenols is 1. The van der Waals surface area contributed by atoms with Gasteiger partial charge in [-0.25, -0.2) is 0 Å². The summed E-state index contributed by atoms with van der Waals surface area (Å²) in [5.41, 5.74) is 0.571. The normalized spacial score (nSPS) is 12.2. The predicted molar refractivity (Wildman–Crippen MR) is 82.4 cm³/mol. The minimum Gasteiger partial charge on any atom is -0.506 e. The summed E-state index contributed by atoms with van der Waals surface area (Å²) < 4.78 is 0. The largest absolute Gasteiger partial charge is 0.506 e. The first-order valence-electron chi connectivity index (χ1n) is 6.59. The van der Waals surface area contributed by atoms with E-state index < -0.39 is 0 Å². The number of benzene rings is 1. The summed E-state index contributed by atoms with van der Waals surface area (Å²) in [7, 11) is 0. The van der Waals surface area contributed by atoms with Gasteiger partial charge in [0, 0.05) is 30.2 Å². The van der Waals surface area contributed by atoms with Crippen molar-refractivity contribution >= 4 is 29.1 Å². The zero-order valence-corrected chi connectivity index (χ0v) is 13.4. The van der Waals surface area contributed by atoms with Gasteiger partial charge >= 0.3 is 0 Å². The molecule has 0 heterocycles. The van der Waals surface area contributed by atoms with E-state index in [0.29, 0.717) is 30.2 Å².